The first-order chi connectivity index (χ1) is 11.1. The highest BCUT2D eigenvalue weighted by Crippen LogP contribution is 2.09. The molecule has 1 aliphatic rings. The van der Waals surface area contributed by atoms with E-state index in [0.29, 0.717) is 25.3 Å². The van der Waals surface area contributed by atoms with Gasteiger partial charge in [-0.25, -0.2) is 9.67 Å². The minimum atomic E-state index is -0.0760. The normalized spacial score (nSPS) is 15.8. The Morgan fingerprint density at radius 2 is 2.00 bits per heavy atom. The second-order valence-corrected chi connectivity index (χ2v) is 6.26. The zero-order valence-corrected chi connectivity index (χ0v) is 13.8. The van der Waals surface area contributed by atoms with Crippen LogP contribution in [-0.4, -0.2) is 63.2 Å². The SMILES string of the molecule is Cc1ccc(=O)n(CCN2CCN(C(=O)c3cscn3)CC2)n1. The van der Waals surface area contributed by atoms with E-state index >= 15 is 0 Å². The number of nitrogens with zero attached hydrogens (tertiary/aromatic N) is 5. The molecule has 3 heterocycles. The van der Waals surface area contributed by atoms with Crippen molar-refractivity contribution >= 4 is 17.2 Å². The van der Waals surface area contributed by atoms with Gasteiger partial charge in [0.15, 0.2) is 0 Å². The number of aryl methyl sites for hydroxylation is 1. The number of hydrogen-bond donors (Lipinski definition) is 0. The number of thiazole rings is 1. The van der Waals surface area contributed by atoms with Crippen molar-refractivity contribution in [1.29, 1.82) is 0 Å². The maximum absolute atomic E-state index is 12.2. The molecule has 1 amide bonds. The monoisotopic (exact) mass is 333 g/mol. The Balaban J connectivity index is 1.50. The molecule has 3 rings (SSSR count). The van der Waals surface area contributed by atoms with E-state index in [2.05, 4.69) is 15.0 Å². The lowest BCUT2D eigenvalue weighted by molar-refractivity contribution is 0.0626. The fraction of sp³-hybridized carbons (Fsp3) is 0.467. The fourth-order valence-electron chi connectivity index (χ4n) is 2.60. The second kappa shape index (κ2) is 7.01. The molecule has 1 fully saturated rings. The summed E-state index contributed by atoms with van der Waals surface area (Å²) in [6, 6.07) is 3.27. The molecule has 8 heteroatoms. The molecule has 23 heavy (non-hydrogen) atoms. The van der Waals surface area contributed by atoms with Gasteiger partial charge in [0, 0.05) is 44.2 Å². The number of carbonyl (C=O) groups excluding carboxylic acids is 1. The first-order valence-corrected chi connectivity index (χ1v) is 8.52. The molecule has 0 saturated carbocycles. The minimum absolute atomic E-state index is 0.00229. The highest BCUT2D eigenvalue weighted by Gasteiger charge is 2.23. The van der Waals surface area contributed by atoms with E-state index < -0.39 is 0 Å². The Bertz CT molecular complexity index is 720. The number of piperazine rings is 1. The summed E-state index contributed by atoms with van der Waals surface area (Å²) in [5.41, 5.74) is 2.96. The first kappa shape index (κ1) is 15.8. The number of rotatable bonds is 4. The third-order valence-corrected chi connectivity index (χ3v) is 4.53. The number of amides is 1. The van der Waals surface area contributed by atoms with E-state index in [1.807, 2.05) is 11.8 Å². The summed E-state index contributed by atoms with van der Waals surface area (Å²) < 4.78 is 1.50. The van der Waals surface area contributed by atoms with Crippen molar-refractivity contribution in [3.63, 3.8) is 0 Å². The van der Waals surface area contributed by atoms with E-state index in [1.54, 1.807) is 23.0 Å². The predicted molar refractivity (Wildman–Crippen MR) is 87.7 cm³/mol. The average molecular weight is 333 g/mol. The molecule has 0 unspecified atom stereocenters. The van der Waals surface area contributed by atoms with Crippen LogP contribution in [-0.2, 0) is 6.54 Å². The Morgan fingerprint density at radius 3 is 2.70 bits per heavy atom. The quantitative estimate of drug-likeness (QED) is 0.813. The van der Waals surface area contributed by atoms with Gasteiger partial charge in [0.25, 0.3) is 11.5 Å². The van der Waals surface area contributed by atoms with Crippen molar-refractivity contribution in [2.75, 3.05) is 32.7 Å². The van der Waals surface area contributed by atoms with Crippen molar-refractivity contribution in [3.05, 3.63) is 44.8 Å². The summed E-state index contributed by atoms with van der Waals surface area (Å²) in [6.45, 7) is 6.18. The van der Waals surface area contributed by atoms with Gasteiger partial charge in [-0.3, -0.25) is 14.5 Å². The molecule has 0 N–H and O–H groups in total. The highest BCUT2D eigenvalue weighted by molar-refractivity contribution is 7.07. The summed E-state index contributed by atoms with van der Waals surface area (Å²) in [6.07, 6.45) is 0. The summed E-state index contributed by atoms with van der Waals surface area (Å²) in [7, 11) is 0. The molecular weight excluding hydrogens is 314 g/mol. The summed E-state index contributed by atoms with van der Waals surface area (Å²) >= 11 is 1.43. The standard InChI is InChI=1S/C15H19N5O2S/c1-12-2-3-14(21)20(17-12)9-6-18-4-7-19(8-5-18)15(22)13-10-23-11-16-13/h2-3,10-11H,4-9H2,1H3. The van der Waals surface area contributed by atoms with Crippen LogP contribution in [0.1, 0.15) is 16.2 Å². The summed E-state index contributed by atoms with van der Waals surface area (Å²) in [5, 5.41) is 6.02. The molecule has 1 aliphatic heterocycles. The zero-order valence-electron chi connectivity index (χ0n) is 13.0. The van der Waals surface area contributed by atoms with Crippen LogP contribution in [0.2, 0.25) is 0 Å². The highest BCUT2D eigenvalue weighted by atomic mass is 32.1. The fourth-order valence-corrected chi connectivity index (χ4v) is 3.13. The Kier molecular flexibility index (Phi) is 4.82. The van der Waals surface area contributed by atoms with E-state index in [4.69, 9.17) is 0 Å². The van der Waals surface area contributed by atoms with Crippen LogP contribution in [0.25, 0.3) is 0 Å². The Labute approximate surface area is 138 Å². The molecule has 0 atom stereocenters. The van der Waals surface area contributed by atoms with Crippen LogP contribution in [0.15, 0.2) is 27.8 Å². The summed E-state index contributed by atoms with van der Waals surface area (Å²) in [5.74, 6) is 0.00229. The van der Waals surface area contributed by atoms with Gasteiger partial charge in [0.05, 0.1) is 17.7 Å². The van der Waals surface area contributed by atoms with Gasteiger partial charge in [0.1, 0.15) is 5.69 Å². The number of aromatic nitrogens is 3. The molecule has 7 nitrogen and oxygen atoms in total. The minimum Gasteiger partial charge on any atom is -0.335 e. The van der Waals surface area contributed by atoms with E-state index in [0.717, 1.165) is 25.3 Å². The Hall–Kier alpha value is -2.06. The van der Waals surface area contributed by atoms with E-state index in [1.165, 1.54) is 16.0 Å². The van der Waals surface area contributed by atoms with Gasteiger partial charge in [0.2, 0.25) is 0 Å². The maximum atomic E-state index is 12.2. The van der Waals surface area contributed by atoms with Gasteiger partial charge < -0.3 is 4.90 Å². The van der Waals surface area contributed by atoms with Gasteiger partial charge in [-0.15, -0.1) is 11.3 Å². The van der Waals surface area contributed by atoms with Crippen LogP contribution in [0.5, 0.6) is 0 Å². The molecule has 0 spiro atoms. The first-order valence-electron chi connectivity index (χ1n) is 7.58. The molecule has 1 saturated heterocycles. The molecule has 2 aromatic heterocycles. The molecule has 2 aromatic rings. The molecule has 0 radical (unpaired) electrons. The molecule has 0 aromatic carbocycles. The summed E-state index contributed by atoms with van der Waals surface area (Å²) in [4.78, 5) is 32.1. The second-order valence-electron chi connectivity index (χ2n) is 5.54. The Morgan fingerprint density at radius 1 is 1.22 bits per heavy atom. The van der Waals surface area contributed by atoms with Gasteiger partial charge >= 0.3 is 0 Å². The maximum Gasteiger partial charge on any atom is 0.273 e. The van der Waals surface area contributed by atoms with Crippen LogP contribution < -0.4 is 5.56 Å². The average Bonchev–Trinajstić information content (AvgIpc) is 3.10. The van der Waals surface area contributed by atoms with E-state index in [9.17, 15) is 9.59 Å². The van der Waals surface area contributed by atoms with Gasteiger partial charge in [-0.05, 0) is 13.0 Å². The predicted octanol–water partition coefficient (Wildman–Crippen LogP) is 0.466. The molecule has 0 aliphatic carbocycles. The van der Waals surface area contributed by atoms with Crippen LogP contribution in [0.4, 0.5) is 0 Å². The van der Waals surface area contributed by atoms with Crippen molar-refractivity contribution in [2.45, 2.75) is 13.5 Å². The van der Waals surface area contributed by atoms with Gasteiger partial charge in [-0.2, -0.15) is 5.10 Å². The lowest BCUT2D eigenvalue weighted by Gasteiger charge is -2.34. The van der Waals surface area contributed by atoms with E-state index in [-0.39, 0.29) is 11.5 Å². The van der Waals surface area contributed by atoms with Crippen LogP contribution in [0.3, 0.4) is 0 Å². The zero-order chi connectivity index (χ0) is 16.2. The van der Waals surface area contributed by atoms with Crippen LogP contribution in [0, 0.1) is 6.92 Å². The smallest absolute Gasteiger partial charge is 0.273 e. The van der Waals surface area contributed by atoms with Crippen molar-refractivity contribution in [3.8, 4) is 0 Å². The van der Waals surface area contributed by atoms with Crippen molar-refractivity contribution < 1.29 is 4.79 Å². The topological polar surface area (TPSA) is 71.3 Å². The molecule has 122 valence electrons. The number of carbonyl (C=O) groups is 1. The third kappa shape index (κ3) is 3.83. The van der Waals surface area contributed by atoms with Crippen LogP contribution >= 0.6 is 11.3 Å². The van der Waals surface area contributed by atoms with Crippen molar-refractivity contribution in [2.24, 2.45) is 0 Å². The molecular formula is C15H19N5O2S. The number of hydrogen-bond acceptors (Lipinski definition) is 6. The largest absolute Gasteiger partial charge is 0.335 e. The molecule has 0 bridgehead atoms. The van der Waals surface area contributed by atoms with Crippen molar-refractivity contribution in [1.82, 2.24) is 24.6 Å². The lowest BCUT2D eigenvalue weighted by atomic mass is 10.3. The third-order valence-electron chi connectivity index (χ3n) is 3.94. The lowest BCUT2D eigenvalue weighted by Crippen LogP contribution is -2.49. The van der Waals surface area contributed by atoms with Gasteiger partial charge in [-0.1, -0.05) is 0 Å².